The van der Waals surface area contributed by atoms with Crippen LogP contribution in [0.5, 0.6) is 0 Å². The molecule has 5 heteroatoms. The second-order valence-corrected chi connectivity index (χ2v) is 3.90. The van der Waals surface area contributed by atoms with E-state index in [9.17, 15) is 0 Å². The van der Waals surface area contributed by atoms with Gasteiger partial charge in [-0.3, -0.25) is 4.57 Å². The van der Waals surface area contributed by atoms with Gasteiger partial charge >= 0.3 is 0 Å². The van der Waals surface area contributed by atoms with Crippen molar-refractivity contribution < 1.29 is 0 Å². The minimum atomic E-state index is 0.645. The lowest BCUT2D eigenvalue weighted by Gasteiger charge is -2.02. The molecule has 0 aromatic carbocycles. The van der Waals surface area contributed by atoms with Crippen LogP contribution in [0.3, 0.4) is 0 Å². The first-order chi connectivity index (χ1) is 6.68. The Hall–Kier alpha value is -1.23. The maximum absolute atomic E-state index is 4.19. The number of nitrogens with zero attached hydrogens (tertiary/aromatic N) is 4. The summed E-state index contributed by atoms with van der Waals surface area (Å²) in [6, 6.07) is 0. The van der Waals surface area contributed by atoms with Gasteiger partial charge in [-0.2, -0.15) is 0 Å². The van der Waals surface area contributed by atoms with Crippen molar-refractivity contribution in [1.29, 1.82) is 0 Å². The second kappa shape index (κ2) is 3.49. The number of hydrogen-bond donors (Lipinski definition) is 0. The van der Waals surface area contributed by atoms with E-state index >= 15 is 0 Å². The van der Waals surface area contributed by atoms with E-state index in [1.54, 1.807) is 18.7 Å². The Morgan fingerprint density at radius 2 is 1.79 bits per heavy atom. The zero-order valence-electron chi connectivity index (χ0n) is 7.90. The van der Waals surface area contributed by atoms with Crippen LogP contribution in [-0.4, -0.2) is 19.5 Å². The first kappa shape index (κ1) is 9.33. The van der Waals surface area contributed by atoms with Crippen LogP contribution in [0.1, 0.15) is 11.4 Å². The van der Waals surface area contributed by atoms with Crippen LogP contribution in [0.4, 0.5) is 0 Å². The third-order valence-corrected chi connectivity index (χ3v) is 2.48. The Kier molecular flexibility index (Phi) is 2.33. The molecule has 0 bridgehead atoms. The van der Waals surface area contributed by atoms with Gasteiger partial charge in [-0.05, 0) is 29.8 Å². The van der Waals surface area contributed by atoms with E-state index < -0.39 is 0 Å². The summed E-state index contributed by atoms with van der Waals surface area (Å²) in [4.78, 5) is 12.6. The summed E-state index contributed by atoms with van der Waals surface area (Å²) in [5, 5.41) is 0. The molecule has 0 N–H and O–H groups in total. The minimum Gasteiger partial charge on any atom is -0.271 e. The number of hydrogen-bond acceptors (Lipinski definition) is 3. The number of aryl methyl sites for hydroxylation is 1. The molecule has 72 valence electrons. The number of rotatable bonds is 1. The van der Waals surface area contributed by atoms with Crippen molar-refractivity contribution in [2.45, 2.75) is 13.8 Å². The second-order valence-electron chi connectivity index (χ2n) is 2.99. The summed E-state index contributed by atoms with van der Waals surface area (Å²) >= 11 is 3.29. The highest BCUT2D eigenvalue weighted by atomic mass is 79.9. The summed E-state index contributed by atoms with van der Waals surface area (Å²) in [5.74, 6) is 0.645. The molecule has 0 amide bonds. The van der Waals surface area contributed by atoms with Gasteiger partial charge in [0, 0.05) is 18.1 Å². The van der Waals surface area contributed by atoms with E-state index in [1.807, 2.05) is 18.4 Å². The van der Waals surface area contributed by atoms with Gasteiger partial charge < -0.3 is 0 Å². The van der Waals surface area contributed by atoms with Gasteiger partial charge in [-0.1, -0.05) is 0 Å². The third kappa shape index (κ3) is 1.55. The summed E-state index contributed by atoms with van der Waals surface area (Å²) in [6.45, 7) is 3.96. The predicted octanol–water partition coefficient (Wildman–Crippen LogP) is 2.04. The normalized spacial score (nSPS) is 10.5. The van der Waals surface area contributed by atoms with Crippen molar-refractivity contribution in [2.24, 2.45) is 0 Å². The molecule has 2 aromatic rings. The Bertz CT molecular complexity index is 446. The van der Waals surface area contributed by atoms with E-state index in [0.29, 0.717) is 5.95 Å². The SMILES string of the molecule is Cc1ncn(-c2ncc(Br)cn2)c1C. The summed E-state index contributed by atoms with van der Waals surface area (Å²) in [5.41, 5.74) is 2.06. The van der Waals surface area contributed by atoms with Gasteiger partial charge in [0.05, 0.1) is 10.2 Å². The molecule has 0 atom stereocenters. The van der Waals surface area contributed by atoms with E-state index in [2.05, 4.69) is 30.9 Å². The van der Waals surface area contributed by atoms with Crippen molar-refractivity contribution in [3.8, 4) is 5.95 Å². The fourth-order valence-electron chi connectivity index (χ4n) is 1.13. The molecular formula is C9H9BrN4. The average Bonchev–Trinajstić information content (AvgIpc) is 2.50. The van der Waals surface area contributed by atoms with Crippen molar-refractivity contribution in [2.75, 3.05) is 0 Å². The van der Waals surface area contributed by atoms with Gasteiger partial charge in [-0.25, -0.2) is 15.0 Å². The van der Waals surface area contributed by atoms with E-state index in [4.69, 9.17) is 0 Å². The molecular weight excluding hydrogens is 244 g/mol. The van der Waals surface area contributed by atoms with Crippen molar-refractivity contribution in [3.05, 3.63) is 34.6 Å². The first-order valence-electron chi connectivity index (χ1n) is 4.17. The highest BCUT2D eigenvalue weighted by Crippen LogP contribution is 2.11. The van der Waals surface area contributed by atoms with Crippen LogP contribution in [0.25, 0.3) is 5.95 Å². The molecule has 0 aliphatic rings. The minimum absolute atomic E-state index is 0.645. The zero-order chi connectivity index (χ0) is 10.1. The maximum Gasteiger partial charge on any atom is 0.235 e. The van der Waals surface area contributed by atoms with Gasteiger partial charge in [0.25, 0.3) is 0 Å². The molecule has 4 nitrogen and oxygen atoms in total. The fraction of sp³-hybridized carbons (Fsp3) is 0.222. The van der Waals surface area contributed by atoms with E-state index in [0.717, 1.165) is 15.9 Å². The fourth-order valence-corrected chi connectivity index (χ4v) is 1.33. The monoisotopic (exact) mass is 252 g/mol. The molecule has 2 aromatic heterocycles. The smallest absolute Gasteiger partial charge is 0.235 e. The predicted molar refractivity (Wildman–Crippen MR) is 56.3 cm³/mol. The number of halogens is 1. The molecule has 0 aliphatic heterocycles. The van der Waals surface area contributed by atoms with E-state index in [-0.39, 0.29) is 0 Å². The maximum atomic E-state index is 4.19. The molecule has 0 unspecified atom stereocenters. The molecule has 0 saturated carbocycles. The highest BCUT2D eigenvalue weighted by molar-refractivity contribution is 9.10. The average molecular weight is 253 g/mol. The molecule has 0 saturated heterocycles. The summed E-state index contributed by atoms with van der Waals surface area (Å²) < 4.78 is 2.73. The van der Waals surface area contributed by atoms with Gasteiger partial charge in [0.1, 0.15) is 6.33 Å². The summed E-state index contributed by atoms with van der Waals surface area (Å²) in [7, 11) is 0. The Balaban J connectivity index is 2.49. The summed E-state index contributed by atoms with van der Waals surface area (Å²) in [6.07, 6.45) is 5.17. The van der Waals surface area contributed by atoms with Crippen LogP contribution in [-0.2, 0) is 0 Å². The first-order valence-corrected chi connectivity index (χ1v) is 4.96. The van der Waals surface area contributed by atoms with Gasteiger partial charge in [-0.15, -0.1) is 0 Å². The van der Waals surface area contributed by atoms with Crippen molar-refractivity contribution in [3.63, 3.8) is 0 Å². The van der Waals surface area contributed by atoms with Crippen LogP contribution >= 0.6 is 15.9 Å². The lowest BCUT2D eigenvalue weighted by atomic mass is 10.4. The number of imidazole rings is 1. The Labute approximate surface area is 90.2 Å². The Morgan fingerprint density at radius 1 is 1.14 bits per heavy atom. The lowest BCUT2D eigenvalue weighted by molar-refractivity contribution is 0.891. The molecule has 14 heavy (non-hydrogen) atoms. The Morgan fingerprint density at radius 3 is 2.29 bits per heavy atom. The number of aromatic nitrogens is 4. The molecule has 0 spiro atoms. The lowest BCUT2D eigenvalue weighted by Crippen LogP contribution is -2.00. The molecule has 0 fully saturated rings. The molecule has 2 heterocycles. The largest absolute Gasteiger partial charge is 0.271 e. The third-order valence-electron chi connectivity index (χ3n) is 2.07. The van der Waals surface area contributed by atoms with Crippen molar-refractivity contribution >= 4 is 15.9 Å². The zero-order valence-corrected chi connectivity index (χ0v) is 9.48. The van der Waals surface area contributed by atoms with Gasteiger partial charge in [0.15, 0.2) is 0 Å². The van der Waals surface area contributed by atoms with Crippen LogP contribution in [0.15, 0.2) is 23.2 Å². The topological polar surface area (TPSA) is 43.6 Å². The standard InChI is InChI=1S/C9H9BrN4/c1-6-7(2)14(5-13-6)9-11-3-8(10)4-12-9/h3-5H,1-2H3. The molecule has 2 rings (SSSR count). The van der Waals surface area contributed by atoms with Gasteiger partial charge in [0.2, 0.25) is 5.95 Å². The highest BCUT2D eigenvalue weighted by Gasteiger charge is 2.05. The molecule has 0 aliphatic carbocycles. The quantitative estimate of drug-likeness (QED) is 0.781. The van der Waals surface area contributed by atoms with E-state index in [1.165, 1.54) is 0 Å². The molecule has 0 radical (unpaired) electrons. The van der Waals surface area contributed by atoms with Crippen LogP contribution in [0.2, 0.25) is 0 Å². The van der Waals surface area contributed by atoms with Crippen LogP contribution < -0.4 is 0 Å². The van der Waals surface area contributed by atoms with Crippen molar-refractivity contribution in [1.82, 2.24) is 19.5 Å². The van der Waals surface area contributed by atoms with Crippen LogP contribution in [0, 0.1) is 13.8 Å².